The summed E-state index contributed by atoms with van der Waals surface area (Å²) in [5.74, 6) is -1.25. The van der Waals surface area contributed by atoms with Gasteiger partial charge in [-0.3, -0.25) is 29.4 Å². The zero-order valence-corrected chi connectivity index (χ0v) is 16.4. The highest BCUT2D eigenvalue weighted by molar-refractivity contribution is 8.18. The number of aromatic nitrogens is 1. The fourth-order valence-electron chi connectivity index (χ4n) is 2.70. The Morgan fingerprint density at radius 3 is 2.72 bits per heavy atom. The van der Waals surface area contributed by atoms with E-state index in [4.69, 9.17) is 4.74 Å². The van der Waals surface area contributed by atoms with Gasteiger partial charge in [0.15, 0.2) is 0 Å². The van der Waals surface area contributed by atoms with Gasteiger partial charge in [0.1, 0.15) is 6.54 Å². The van der Waals surface area contributed by atoms with Gasteiger partial charge in [-0.15, -0.1) is 0 Å². The van der Waals surface area contributed by atoms with E-state index in [9.17, 15) is 24.5 Å². The van der Waals surface area contributed by atoms with Crippen LogP contribution < -0.4 is 0 Å². The number of carbonyl (C=O) groups excluding carboxylic acids is 3. The Bertz CT molecular complexity index is 1030. The summed E-state index contributed by atoms with van der Waals surface area (Å²) < 4.78 is 6.65. The first-order chi connectivity index (χ1) is 13.8. The van der Waals surface area contributed by atoms with Crippen molar-refractivity contribution in [3.8, 4) is 5.69 Å². The Hall–Kier alpha value is -3.40. The summed E-state index contributed by atoms with van der Waals surface area (Å²) in [6.07, 6.45) is 2.85. The number of non-ortho nitro benzene ring substituents is 1. The zero-order valence-electron chi connectivity index (χ0n) is 15.6. The second-order valence-corrected chi connectivity index (χ2v) is 7.38. The molecule has 3 rings (SSSR count). The van der Waals surface area contributed by atoms with E-state index in [2.05, 4.69) is 0 Å². The Balaban J connectivity index is 1.85. The number of ether oxygens (including phenoxy) is 1. The minimum absolute atomic E-state index is 0.0638. The van der Waals surface area contributed by atoms with Gasteiger partial charge in [-0.05, 0) is 49.9 Å². The van der Waals surface area contributed by atoms with Crippen molar-refractivity contribution >= 4 is 40.6 Å². The van der Waals surface area contributed by atoms with Crippen molar-refractivity contribution in [2.24, 2.45) is 0 Å². The molecule has 9 nitrogen and oxygen atoms in total. The Morgan fingerprint density at radius 2 is 2.03 bits per heavy atom. The zero-order chi connectivity index (χ0) is 21.1. The van der Waals surface area contributed by atoms with Crippen LogP contribution in [-0.2, 0) is 14.3 Å². The van der Waals surface area contributed by atoms with Crippen molar-refractivity contribution in [1.82, 2.24) is 9.47 Å². The van der Waals surface area contributed by atoms with Crippen LogP contribution >= 0.6 is 11.8 Å². The summed E-state index contributed by atoms with van der Waals surface area (Å²) in [7, 11) is 0. The monoisotopic (exact) mass is 415 g/mol. The largest absolute Gasteiger partial charge is 0.462 e. The molecule has 2 heterocycles. The minimum Gasteiger partial charge on any atom is -0.462 e. The molecule has 1 saturated heterocycles. The summed E-state index contributed by atoms with van der Waals surface area (Å²) in [6, 6.07) is 9.47. The van der Waals surface area contributed by atoms with E-state index in [1.165, 1.54) is 18.2 Å². The number of imide groups is 1. The average Bonchev–Trinajstić information content (AvgIpc) is 3.21. The number of nitrogens with zero attached hydrogens (tertiary/aromatic N) is 3. The molecule has 0 aliphatic carbocycles. The number of hydrogen-bond donors (Lipinski definition) is 0. The van der Waals surface area contributed by atoms with E-state index in [1.807, 2.05) is 0 Å². The molecule has 29 heavy (non-hydrogen) atoms. The molecule has 0 radical (unpaired) electrons. The van der Waals surface area contributed by atoms with Crippen LogP contribution in [0.3, 0.4) is 0 Å². The van der Waals surface area contributed by atoms with Crippen molar-refractivity contribution in [1.29, 1.82) is 0 Å². The highest BCUT2D eigenvalue weighted by Gasteiger charge is 2.37. The molecule has 10 heteroatoms. The third-order valence-electron chi connectivity index (χ3n) is 3.91. The van der Waals surface area contributed by atoms with Gasteiger partial charge in [0.05, 0.1) is 21.6 Å². The van der Waals surface area contributed by atoms with Gasteiger partial charge in [-0.1, -0.05) is 6.07 Å². The third kappa shape index (κ3) is 4.54. The summed E-state index contributed by atoms with van der Waals surface area (Å²) in [6.45, 7) is 2.90. The number of thioether (sulfide) groups is 1. The van der Waals surface area contributed by atoms with Crippen molar-refractivity contribution in [3.63, 3.8) is 0 Å². The Kier molecular flexibility index (Phi) is 5.83. The minimum atomic E-state index is -0.663. The van der Waals surface area contributed by atoms with Gasteiger partial charge in [0.2, 0.25) is 0 Å². The molecule has 0 saturated carbocycles. The van der Waals surface area contributed by atoms with Gasteiger partial charge in [0.25, 0.3) is 16.8 Å². The Morgan fingerprint density at radius 1 is 1.28 bits per heavy atom. The molecule has 1 aromatic carbocycles. The lowest BCUT2D eigenvalue weighted by atomic mass is 10.2. The first kappa shape index (κ1) is 20.3. The summed E-state index contributed by atoms with van der Waals surface area (Å²) >= 11 is 0.722. The lowest BCUT2D eigenvalue weighted by molar-refractivity contribution is -0.384. The maximum absolute atomic E-state index is 12.6. The highest BCUT2D eigenvalue weighted by Crippen LogP contribution is 2.32. The molecule has 1 aromatic heterocycles. The highest BCUT2D eigenvalue weighted by atomic mass is 32.2. The van der Waals surface area contributed by atoms with Gasteiger partial charge < -0.3 is 9.30 Å². The molecule has 0 N–H and O–H groups in total. The van der Waals surface area contributed by atoms with Crippen LogP contribution in [-0.4, -0.2) is 44.2 Å². The second kappa shape index (κ2) is 8.31. The molecule has 2 aromatic rings. The average molecular weight is 415 g/mol. The molecule has 1 aliphatic rings. The number of amides is 2. The number of esters is 1. The van der Waals surface area contributed by atoms with Crippen LogP contribution in [0.1, 0.15) is 19.5 Å². The van der Waals surface area contributed by atoms with Crippen molar-refractivity contribution in [2.75, 3.05) is 6.54 Å². The van der Waals surface area contributed by atoms with Crippen molar-refractivity contribution < 1.29 is 24.0 Å². The van der Waals surface area contributed by atoms with Crippen molar-refractivity contribution in [2.45, 2.75) is 20.0 Å². The number of nitro benzene ring substituents is 1. The predicted molar refractivity (Wildman–Crippen MR) is 106 cm³/mol. The number of rotatable bonds is 6. The number of nitro groups is 1. The van der Waals surface area contributed by atoms with Crippen LogP contribution in [0.4, 0.5) is 10.5 Å². The molecule has 0 atom stereocenters. The predicted octanol–water partition coefficient (Wildman–Crippen LogP) is 3.37. The first-order valence-electron chi connectivity index (χ1n) is 8.63. The summed E-state index contributed by atoms with van der Waals surface area (Å²) in [5.41, 5.74) is 1.03. The normalized spacial score (nSPS) is 15.4. The number of benzene rings is 1. The van der Waals surface area contributed by atoms with Crippen LogP contribution in [0.15, 0.2) is 47.5 Å². The SMILES string of the molecule is CC(C)OC(=O)CN1C(=O)S/C(=C/c2cccn2-c2cccc([N+](=O)[O-])c2)C1=O. The van der Waals surface area contributed by atoms with Gasteiger partial charge in [0, 0.05) is 24.0 Å². The van der Waals surface area contributed by atoms with Crippen LogP contribution in [0.2, 0.25) is 0 Å². The smallest absolute Gasteiger partial charge is 0.326 e. The molecule has 2 amide bonds. The fourth-order valence-corrected chi connectivity index (χ4v) is 3.53. The second-order valence-electron chi connectivity index (χ2n) is 6.39. The molecule has 0 unspecified atom stereocenters. The lowest BCUT2D eigenvalue weighted by Crippen LogP contribution is -2.35. The molecule has 0 bridgehead atoms. The lowest BCUT2D eigenvalue weighted by Gasteiger charge is -2.13. The fraction of sp³-hybridized carbons (Fsp3) is 0.211. The Labute approximate surface area is 170 Å². The van der Waals surface area contributed by atoms with Gasteiger partial charge >= 0.3 is 5.97 Å². The van der Waals surface area contributed by atoms with E-state index in [0.29, 0.717) is 11.4 Å². The molecule has 1 fully saturated rings. The van der Waals surface area contributed by atoms with E-state index in [0.717, 1.165) is 16.7 Å². The first-order valence-corrected chi connectivity index (χ1v) is 9.45. The molecule has 1 aliphatic heterocycles. The van der Waals surface area contributed by atoms with Gasteiger partial charge in [-0.2, -0.15) is 0 Å². The quantitative estimate of drug-likeness (QED) is 0.308. The van der Waals surface area contributed by atoms with Crippen LogP contribution in [0.5, 0.6) is 0 Å². The standard InChI is InChI=1S/C19H17N3O6S/c1-12(2)28-17(23)11-21-18(24)16(29-19(21)25)10-14-7-4-8-20(14)13-5-3-6-15(9-13)22(26)27/h3-10,12H,11H2,1-2H3/b16-10+. The number of carbonyl (C=O) groups is 3. The van der Waals surface area contributed by atoms with E-state index in [-0.39, 0.29) is 16.7 Å². The summed E-state index contributed by atoms with van der Waals surface area (Å²) in [5, 5.41) is 10.5. The molecular weight excluding hydrogens is 398 g/mol. The topological polar surface area (TPSA) is 112 Å². The van der Waals surface area contributed by atoms with Gasteiger partial charge in [-0.25, -0.2) is 0 Å². The van der Waals surface area contributed by atoms with E-state index < -0.39 is 28.6 Å². The molecule has 150 valence electrons. The summed E-state index contributed by atoms with van der Waals surface area (Å²) in [4.78, 5) is 48.0. The molecule has 0 spiro atoms. The molecular formula is C19H17N3O6S. The van der Waals surface area contributed by atoms with Crippen LogP contribution in [0.25, 0.3) is 11.8 Å². The van der Waals surface area contributed by atoms with Crippen molar-refractivity contribution in [3.05, 3.63) is 63.3 Å². The van der Waals surface area contributed by atoms with E-state index in [1.54, 1.807) is 48.9 Å². The third-order valence-corrected chi connectivity index (χ3v) is 4.81. The maximum atomic E-state index is 12.6. The number of hydrogen-bond acceptors (Lipinski definition) is 7. The van der Waals surface area contributed by atoms with Crippen LogP contribution in [0, 0.1) is 10.1 Å². The van der Waals surface area contributed by atoms with E-state index >= 15 is 0 Å². The maximum Gasteiger partial charge on any atom is 0.326 e.